The van der Waals surface area contributed by atoms with Crippen LogP contribution in [0.4, 0.5) is 4.39 Å². The first-order valence-electron chi connectivity index (χ1n) is 13.3. The average Bonchev–Trinajstić information content (AvgIpc) is 3.29. The summed E-state index contributed by atoms with van der Waals surface area (Å²) in [4.78, 5) is 30.0. The number of aryl methyl sites for hydroxylation is 1. The number of fused-ring (bicyclic) bond motifs is 5. The Hall–Kier alpha value is -3.10. The van der Waals surface area contributed by atoms with Crippen LogP contribution in [0.3, 0.4) is 0 Å². The Balaban J connectivity index is 0.000000765. The zero-order valence-electron chi connectivity index (χ0n) is 22.2. The summed E-state index contributed by atoms with van der Waals surface area (Å²) in [6.07, 6.45) is 1.52. The van der Waals surface area contributed by atoms with Gasteiger partial charge in [-0.2, -0.15) is 0 Å². The summed E-state index contributed by atoms with van der Waals surface area (Å²) < 4.78 is 21.4. The molecule has 1 aliphatic carbocycles. The molecule has 8 heteroatoms. The predicted molar refractivity (Wildman–Crippen MR) is 140 cm³/mol. The fourth-order valence-corrected chi connectivity index (χ4v) is 5.82. The second kappa shape index (κ2) is 10.7. The van der Waals surface area contributed by atoms with Crippen molar-refractivity contribution in [2.24, 2.45) is 0 Å². The van der Waals surface area contributed by atoms with Gasteiger partial charge in [0.25, 0.3) is 5.56 Å². The summed E-state index contributed by atoms with van der Waals surface area (Å²) in [5.74, 6) is -0.912. The first-order chi connectivity index (χ1) is 17.9. The number of nitrogens with zero attached hydrogens (tertiary/aromatic N) is 2. The number of halogens is 1. The zero-order valence-corrected chi connectivity index (χ0v) is 22.2. The molecule has 4 heterocycles. The minimum atomic E-state index is -1.51. The van der Waals surface area contributed by atoms with Crippen LogP contribution in [-0.2, 0) is 29.1 Å². The molecule has 3 aliphatic rings. The lowest BCUT2D eigenvalue weighted by atomic mass is 9.76. The molecule has 2 N–H and O–H groups in total. The predicted octanol–water partition coefficient (Wildman–Crippen LogP) is 4.82. The van der Waals surface area contributed by atoms with Crippen LogP contribution in [-0.4, -0.2) is 32.3 Å². The molecule has 0 spiro atoms. The number of benzene rings is 1. The minimum Gasteiger partial charge on any atom is -0.458 e. The highest BCUT2D eigenvalue weighted by atomic mass is 19.1. The highest BCUT2D eigenvalue weighted by Crippen LogP contribution is 2.47. The fraction of sp³-hybridized carbons (Fsp3) is 0.483. The number of cyclic esters (lactones) is 1. The van der Waals surface area contributed by atoms with Gasteiger partial charge in [-0.15, -0.1) is 0 Å². The molecule has 0 amide bonds. The lowest BCUT2D eigenvalue weighted by Crippen LogP contribution is -2.32. The van der Waals surface area contributed by atoms with E-state index in [1.54, 1.807) is 17.6 Å². The van der Waals surface area contributed by atoms with Crippen molar-refractivity contribution in [3.63, 3.8) is 0 Å². The average molecular weight is 511 g/mol. The van der Waals surface area contributed by atoms with Gasteiger partial charge in [-0.1, -0.05) is 27.7 Å². The maximum absolute atomic E-state index is 14.8. The van der Waals surface area contributed by atoms with Gasteiger partial charge in [0, 0.05) is 29.2 Å². The molecule has 6 rings (SSSR count). The summed E-state index contributed by atoms with van der Waals surface area (Å²) in [5.41, 5.74) is 5.49. The molecule has 2 atom stereocenters. The number of rotatable bonds is 3. The van der Waals surface area contributed by atoms with Crippen molar-refractivity contribution in [2.75, 3.05) is 6.61 Å². The van der Waals surface area contributed by atoms with Crippen molar-refractivity contribution in [1.82, 2.24) is 9.55 Å². The molecule has 0 saturated heterocycles. The number of esters is 1. The first kappa shape index (κ1) is 26.9. The van der Waals surface area contributed by atoms with Crippen LogP contribution in [0.15, 0.2) is 16.9 Å². The van der Waals surface area contributed by atoms with Crippen molar-refractivity contribution >= 4 is 16.9 Å². The van der Waals surface area contributed by atoms with Gasteiger partial charge in [0.2, 0.25) is 0 Å². The number of carbonyl (C=O) groups excluding carboxylic acids is 1. The summed E-state index contributed by atoms with van der Waals surface area (Å²) in [5, 5.41) is 20.7. The van der Waals surface area contributed by atoms with Gasteiger partial charge in [-0.3, -0.25) is 4.79 Å². The quantitative estimate of drug-likeness (QED) is 0.383. The molecule has 2 aliphatic heterocycles. The second-order valence-corrected chi connectivity index (χ2v) is 9.18. The molecule has 0 bridgehead atoms. The lowest BCUT2D eigenvalue weighted by molar-refractivity contribution is -0.157. The number of hydrogen-bond donors (Lipinski definition) is 2. The number of carbonyl (C=O) groups is 1. The highest BCUT2D eigenvalue weighted by Gasteiger charge is 2.37. The van der Waals surface area contributed by atoms with Crippen LogP contribution >= 0.6 is 0 Å². The van der Waals surface area contributed by atoms with Crippen LogP contribution < -0.4 is 5.56 Å². The highest BCUT2D eigenvalue weighted by molar-refractivity contribution is 5.93. The lowest BCUT2D eigenvalue weighted by Gasteiger charge is -2.29. The molecule has 198 valence electrons. The Morgan fingerprint density at radius 3 is 2.57 bits per heavy atom. The molecule has 0 saturated carbocycles. The second-order valence-electron chi connectivity index (χ2n) is 9.18. The molecular formula is C29H35FN2O5. The van der Waals surface area contributed by atoms with E-state index in [-0.39, 0.29) is 41.6 Å². The van der Waals surface area contributed by atoms with Crippen molar-refractivity contribution in [3.05, 3.63) is 61.7 Å². The van der Waals surface area contributed by atoms with E-state index >= 15 is 0 Å². The van der Waals surface area contributed by atoms with E-state index in [4.69, 9.17) is 9.72 Å². The van der Waals surface area contributed by atoms with Gasteiger partial charge in [-0.05, 0) is 61.3 Å². The molecule has 2 aromatic heterocycles. The zero-order chi connectivity index (χ0) is 27.0. The van der Waals surface area contributed by atoms with Crippen LogP contribution in [0.1, 0.15) is 92.4 Å². The van der Waals surface area contributed by atoms with Gasteiger partial charge in [0.05, 0.1) is 29.0 Å². The molecule has 0 fully saturated rings. The van der Waals surface area contributed by atoms with E-state index in [1.807, 2.05) is 27.7 Å². The third-order valence-corrected chi connectivity index (χ3v) is 7.48. The van der Waals surface area contributed by atoms with E-state index in [1.165, 1.54) is 6.07 Å². The normalized spacial score (nSPS) is 18.5. The first-order valence-corrected chi connectivity index (χ1v) is 13.3. The van der Waals surface area contributed by atoms with E-state index in [2.05, 4.69) is 0 Å². The number of aliphatic hydroxyl groups excluding tert-OH is 2. The Bertz CT molecular complexity index is 1430. The van der Waals surface area contributed by atoms with Crippen molar-refractivity contribution in [2.45, 2.75) is 85.5 Å². The van der Waals surface area contributed by atoms with E-state index in [0.29, 0.717) is 35.4 Å². The molecule has 37 heavy (non-hydrogen) atoms. The summed E-state index contributed by atoms with van der Waals surface area (Å²) in [6, 6.07) is 3.11. The van der Waals surface area contributed by atoms with Gasteiger partial charge < -0.3 is 19.5 Å². The van der Waals surface area contributed by atoms with Gasteiger partial charge in [0.1, 0.15) is 12.4 Å². The Morgan fingerprint density at radius 2 is 1.86 bits per heavy atom. The molecule has 0 radical (unpaired) electrons. The topological polar surface area (TPSA) is 102 Å². The maximum Gasteiger partial charge on any atom is 0.340 e. The van der Waals surface area contributed by atoms with Crippen LogP contribution in [0.25, 0.3) is 22.3 Å². The third-order valence-electron chi connectivity index (χ3n) is 7.48. The molecule has 1 aromatic carbocycles. The summed E-state index contributed by atoms with van der Waals surface area (Å²) in [7, 11) is 0. The van der Waals surface area contributed by atoms with Gasteiger partial charge in [-0.25, -0.2) is 14.2 Å². The van der Waals surface area contributed by atoms with Crippen molar-refractivity contribution < 1.29 is 24.1 Å². The Kier molecular flexibility index (Phi) is 7.80. The van der Waals surface area contributed by atoms with Crippen molar-refractivity contribution in [3.8, 4) is 11.4 Å². The Morgan fingerprint density at radius 1 is 1.14 bits per heavy atom. The SMILES string of the molecule is CC.CC.Cc1c(F)cc2nc3c(c4c2c1CC[C@@H]4CCCO)Cn1c-3cc2c(c1=O)COC(=O)C2O. The summed E-state index contributed by atoms with van der Waals surface area (Å²) in [6.45, 7) is 10.0. The van der Waals surface area contributed by atoms with Gasteiger partial charge in [0.15, 0.2) is 6.10 Å². The van der Waals surface area contributed by atoms with Crippen LogP contribution in [0, 0.1) is 12.7 Å². The van der Waals surface area contributed by atoms with E-state index in [9.17, 15) is 24.2 Å². The van der Waals surface area contributed by atoms with E-state index in [0.717, 1.165) is 41.3 Å². The number of ether oxygens (including phenoxy) is 1. The maximum atomic E-state index is 14.8. The monoisotopic (exact) mass is 510 g/mol. The van der Waals surface area contributed by atoms with Crippen molar-refractivity contribution in [1.29, 1.82) is 0 Å². The number of hydrogen-bond acceptors (Lipinski definition) is 6. The van der Waals surface area contributed by atoms with Crippen LogP contribution in [0.5, 0.6) is 0 Å². The van der Waals surface area contributed by atoms with Crippen LogP contribution in [0.2, 0.25) is 0 Å². The number of aliphatic hydroxyl groups is 2. The third kappa shape index (κ3) is 4.16. The molecule has 3 aromatic rings. The molecule has 7 nitrogen and oxygen atoms in total. The standard InChI is InChI=1S/C25H23FN2O5.2C2H6/c1-11-13-5-4-12(3-2-6-29)20-15-9-28-19(22(15)27-18(21(13)20)8-17(11)26)7-14-16(24(28)31)10-33-25(32)23(14)30;2*1-2/h7-8,12,23,29-30H,2-6,9-10H2,1H3;2*1-2H3/t12-,23?;;/m0../s1. The number of aromatic nitrogens is 2. The molecule has 1 unspecified atom stereocenters. The minimum absolute atomic E-state index is 0.0978. The molecular weight excluding hydrogens is 475 g/mol. The Labute approximate surface area is 215 Å². The smallest absolute Gasteiger partial charge is 0.340 e. The fourth-order valence-electron chi connectivity index (χ4n) is 5.82. The number of pyridine rings is 2. The van der Waals surface area contributed by atoms with Gasteiger partial charge >= 0.3 is 5.97 Å². The largest absolute Gasteiger partial charge is 0.458 e. The summed E-state index contributed by atoms with van der Waals surface area (Å²) >= 11 is 0. The van der Waals surface area contributed by atoms with E-state index < -0.39 is 12.1 Å².